The number of carbonyl (C=O) groups is 3. The number of anilines is 1. The lowest BCUT2D eigenvalue weighted by atomic mass is 10.1. The van der Waals surface area contributed by atoms with Crippen LogP contribution >= 0.6 is 15.9 Å². The Morgan fingerprint density at radius 3 is 2.52 bits per heavy atom. The van der Waals surface area contributed by atoms with E-state index in [0.717, 1.165) is 9.37 Å². The van der Waals surface area contributed by atoms with E-state index >= 15 is 0 Å². The van der Waals surface area contributed by atoms with Crippen molar-refractivity contribution < 1.29 is 14.4 Å². The van der Waals surface area contributed by atoms with Crippen molar-refractivity contribution >= 4 is 39.3 Å². The number of nitrogens with one attached hydrogen (secondary N) is 1. The smallest absolute Gasteiger partial charge is 0.261 e. The number of aromatic nitrogens is 1. The van der Waals surface area contributed by atoms with E-state index in [4.69, 9.17) is 0 Å². The molecule has 0 spiro atoms. The summed E-state index contributed by atoms with van der Waals surface area (Å²) in [5.74, 6) is -1.01. The summed E-state index contributed by atoms with van der Waals surface area (Å²) in [6, 6.07) is 8.27. The fourth-order valence-electron chi connectivity index (χ4n) is 2.34. The van der Waals surface area contributed by atoms with Crippen LogP contribution in [0.1, 0.15) is 27.1 Å². The van der Waals surface area contributed by atoms with Crippen molar-refractivity contribution in [2.24, 2.45) is 0 Å². The van der Waals surface area contributed by atoms with Crippen molar-refractivity contribution in [3.05, 3.63) is 58.3 Å². The summed E-state index contributed by atoms with van der Waals surface area (Å²) in [5.41, 5.74) is 1.35. The molecule has 0 aliphatic carbocycles. The van der Waals surface area contributed by atoms with E-state index < -0.39 is 0 Å². The number of hydrogen-bond donors (Lipinski definition) is 1. The van der Waals surface area contributed by atoms with Crippen LogP contribution in [-0.4, -0.2) is 34.2 Å². The van der Waals surface area contributed by atoms with Crippen molar-refractivity contribution in [2.45, 2.75) is 6.42 Å². The number of imide groups is 1. The number of amides is 3. The molecule has 2 heterocycles. The maximum atomic E-state index is 12.3. The van der Waals surface area contributed by atoms with Gasteiger partial charge in [0.05, 0.1) is 11.1 Å². The molecule has 2 aromatic rings. The molecule has 0 fully saturated rings. The Kier molecular flexibility index (Phi) is 4.20. The zero-order valence-electron chi connectivity index (χ0n) is 12.0. The third kappa shape index (κ3) is 3.14. The first-order valence-corrected chi connectivity index (χ1v) is 7.71. The van der Waals surface area contributed by atoms with E-state index in [9.17, 15) is 14.4 Å². The van der Waals surface area contributed by atoms with Gasteiger partial charge in [-0.05, 0) is 30.3 Å². The Labute approximate surface area is 140 Å². The van der Waals surface area contributed by atoms with Crippen LogP contribution < -0.4 is 5.32 Å². The van der Waals surface area contributed by atoms with Crippen molar-refractivity contribution in [3.63, 3.8) is 0 Å². The normalized spacial score (nSPS) is 13.2. The zero-order valence-corrected chi connectivity index (χ0v) is 13.5. The van der Waals surface area contributed by atoms with Crippen LogP contribution in [0, 0.1) is 0 Å². The Bertz CT molecular complexity index is 792. The summed E-state index contributed by atoms with van der Waals surface area (Å²) in [5, 5.41) is 2.69. The van der Waals surface area contributed by atoms with Gasteiger partial charge in [0.2, 0.25) is 5.91 Å². The summed E-state index contributed by atoms with van der Waals surface area (Å²) < 4.78 is 0.731. The molecule has 1 aliphatic rings. The number of pyridine rings is 1. The minimum absolute atomic E-state index is 0.0367. The highest BCUT2D eigenvalue weighted by molar-refractivity contribution is 9.10. The molecule has 3 amide bonds. The maximum absolute atomic E-state index is 12.3. The molecular weight excluding hydrogens is 362 g/mol. The Morgan fingerprint density at radius 1 is 1.09 bits per heavy atom. The third-order valence-electron chi connectivity index (χ3n) is 3.46. The van der Waals surface area contributed by atoms with Gasteiger partial charge in [-0.2, -0.15) is 0 Å². The van der Waals surface area contributed by atoms with Crippen molar-refractivity contribution in [1.29, 1.82) is 0 Å². The molecule has 0 saturated carbocycles. The van der Waals surface area contributed by atoms with Crippen molar-refractivity contribution in [2.75, 3.05) is 11.9 Å². The molecule has 1 aromatic heterocycles. The molecule has 7 heteroatoms. The molecule has 0 unspecified atom stereocenters. The predicted molar refractivity (Wildman–Crippen MR) is 87.0 cm³/mol. The molecule has 116 valence electrons. The number of fused-ring (bicyclic) bond motifs is 1. The average molecular weight is 374 g/mol. The summed E-state index contributed by atoms with van der Waals surface area (Å²) in [7, 11) is 0. The highest BCUT2D eigenvalue weighted by atomic mass is 79.9. The fraction of sp³-hybridized carbons (Fsp3) is 0.125. The SMILES string of the molecule is O=C(CCN1C(=O)c2ccc(Br)cc2C1=O)Nc1ccncc1. The van der Waals surface area contributed by atoms with E-state index in [0.29, 0.717) is 16.8 Å². The second-order valence-electron chi connectivity index (χ2n) is 4.99. The lowest BCUT2D eigenvalue weighted by Gasteiger charge is -2.13. The predicted octanol–water partition coefficient (Wildman–Crippen LogP) is 2.47. The van der Waals surface area contributed by atoms with Crippen LogP contribution in [0.4, 0.5) is 5.69 Å². The second kappa shape index (κ2) is 6.29. The molecule has 1 N–H and O–H groups in total. The van der Waals surface area contributed by atoms with Gasteiger partial charge in [0.25, 0.3) is 11.8 Å². The molecule has 23 heavy (non-hydrogen) atoms. The van der Waals surface area contributed by atoms with Crippen LogP contribution in [0.2, 0.25) is 0 Å². The van der Waals surface area contributed by atoms with E-state index in [2.05, 4.69) is 26.2 Å². The van der Waals surface area contributed by atoms with Crippen LogP contribution in [0.25, 0.3) is 0 Å². The second-order valence-corrected chi connectivity index (χ2v) is 5.90. The molecule has 3 rings (SSSR count). The Balaban J connectivity index is 1.64. The summed E-state index contributed by atoms with van der Waals surface area (Å²) in [4.78, 5) is 41.4. The Morgan fingerprint density at radius 2 is 1.78 bits per heavy atom. The lowest BCUT2D eigenvalue weighted by Crippen LogP contribution is -2.32. The van der Waals surface area contributed by atoms with Gasteiger partial charge in [0.15, 0.2) is 0 Å². The molecule has 1 aromatic carbocycles. The van der Waals surface area contributed by atoms with Gasteiger partial charge >= 0.3 is 0 Å². The molecule has 6 nitrogen and oxygen atoms in total. The molecular formula is C16H12BrN3O3. The molecule has 0 bridgehead atoms. The van der Waals surface area contributed by atoms with Gasteiger partial charge < -0.3 is 5.32 Å². The third-order valence-corrected chi connectivity index (χ3v) is 3.95. The van der Waals surface area contributed by atoms with E-state index in [1.54, 1.807) is 42.7 Å². The minimum atomic E-state index is -0.372. The first-order chi connectivity index (χ1) is 11.1. The highest BCUT2D eigenvalue weighted by Crippen LogP contribution is 2.26. The van der Waals surface area contributed by atoms with Crippen LogP contribution in [-0.2, 0) is 4.79 Å². The first kappa shape index (κ1) is 15.4. The Hall–Kier alpha value is -2.54. The highest BCUT2D eigenvalue weighted by Gasteiger charge is 2.35. The monoisotopic (exact) mass is 373 g/mol. The molecule has 0 radical (unpaired) electrons. The van der Waals surface area contributed by atoms with Crippen LogP contribution in [0.15, 0.2) is 47.2 Å². The quantitative estimate of drug-likeness (QED) is 0.834. The number of carbonyl (C=O) groups excluding carboxylic acids is 3. The molecule has 1 aliphatic heterocycles. The topological polar surface area (TPSA) is 79.4 Å². The van der Waals surface area contributed by atoms with Crippen molar-refractivity contribution in [3.8, 4) is 0 Å². The summed E-state index contributed by atoms with van der Waals surface area (Å²) >= 11 is 3.28. The fourth-order valence-corrected chi connectivity index (χ4v) is 2.70. The molecule has 0 saturated heterocycles. The number of benzene rings is 1. The van der Waals surface area contributed by atoms with Crippen LogP contribution in [0.3, 0.4) is 0 Å². The number of hydrogen-bond acceptors (Lipinski definition) is 4. The zero-order chi connectivity index (χ0) is 16.4. The lowest BCUT2D eigenvalue weighted by molar-refractivity contribution is -0.116. The summed E-state index contributed by atoms with van der Waals surface area (Å²) in [6.07, 6.45) is 3.17. The van der Waals surface area contributed by atoms with E-state index in [1.807, 2.05) is 0 Å². The largest absolute Gasteiger partial charge is 0.326 e. The first-order valence-electron chi connectivity index (χ1n) is 6.92. The number of halogens is 1. The minimum Gasteiger partial charge on any atom is -0.326 e. The van der Waals surface area contributed by atoms with Gasteiger partial charge in [0.1, 0.15) is 0 Å². The van der Waals surface area contributed by atoms with Gasteiger partial charge in [-0.3, -0.25) is 24.3 Å². The number of rotatable bonds is 4. The van der Waals surface area contributed by atoms with Gasteiger partial charge in [-0.25, -0.2) is 0 Å². The standard InChI is InChI=1S/C16H12BrN3O3/c17-10-1-2-12-13(9-10)16(23)20(15(12)22)8-5-14(21)19-11-3-6-18-7-4-11/h1-4,6-7,9H,5,8H2,(H,18,19,21). The molecule has 0 atom stereocenters. The van der Waals surface area contributed by atoms with E-state index in [1.165, 1.54) is 0 Å². The maximum Gasteiger partial charge on any atom is 0.261 e. The van der Waals surface area contributed by atoms with E-state index in [-0.39, 0.29) is 30.7 Å². The van der Waals surface area contributed by atoms with Gasteiger partial charge in [0, 0.05) is 35.5 Å². The van der Waals surface area contributed by atoms with Crippen molar-refractivity contribution in [1.82, 2.24) is 9.88 Å². The average Bonchev–Trinajstić information content (AvgIpc) is 2.77. The number of nitrogens with zero attached hydrogens (tertiary/aromatic N) is 2. The van der Waals surface area contributed by atoms with Gasteiger partial charge in [-0.15, -0.1) is 0 Å². The van der Waals surface area contributed by atoms with Crippen LogP contribution in [0.5, 0.6) is 0 Å². The summed E-state index contributed by atoms with van der Waals surface area (Å²) in [6.45, 7) is 0.0425. The van der Waals surface area contributed by atoms with Gasteiger partial charge in [-0.1, -0.05) is 15.9 Å².